The molecule has 0 aliphatic carbocycles. The van der Waals surface area contributed by atoms with Gasteiger partial charge in [-0.15, -0.1) is 0 Å². The van der Waals surface area contributed by atoms with Gasteiger partial charge in [-0.05, 0) is 30.0 Å². The standard InChI is InChI=1S/C21H22N2O2/c1-3-15-8-7-9-16(4-2)21(15)22-20(25)13-23-12-17(14-24)18-10-5-6-11-19(18)23/h5-12,14H,3-4,13H2,1-2H3,(H,22,25). The van der Waals surface area contributed by atoms with E-state index in [0.29, 0.717) is 5.56 Å². The Hall–Kier alpha value is -2.88. The Morgan fingerprint density at radius 3 is 2.36 bits per heavy atom. The molecular weight excluding hydrogens is 312 g/mol. The molecule has 0 bridgehead atoms. The molecule has 25 heavy (non-hydrogen) atoms. The predicted molar refractivity (Wildman–Crippen MR) is 101 cm³/mol. The van der Waals surface area contributed by atoms with Gasteiger partial charge in [0.05, 0.1) is 0 Å². The van der Waals surface area contributed by atoms with E-state index in [4.69, 9.17) is 0 Å². The highest BCUT2D eigenvalue weighted by Gasteiger charge is 2.13. The summed E-state index contributed by atoms with van der Waals surface area (Å²) >= 11 is 0. The van der Waals surface area contributed by atoms with Crippen molar-refractivity contribution in [2.45, 2.75) is 33.2 Å². The summed E-state index contributed by atoms with van der Waals surface area (Å²) in [6, 6.07) is 13.7. The summed E-state index contributed by atoms with van der Waals surface area (Å²) in [6.45, 7) is 4.34. The highest BCUT2D eigenvalue weighted by molar-refractivity contribution is 5.99. The molecule has 0 spiro atoms. The van der Waals surface area contributed by atoms with Crippen LogP contribution in [-0.4, -0.2) is 16.8 Å². The Bertz CT molecular complexity index is 903. The minimum atomic E-state index is -0.0891. The lowest BCUT2D eigenvalue weighted by Gasteiger charge is -2.15. The SMILES string of the molecule is CCc1cccc(CC)c1NC(=O)Cn1cc(C=O)c2ccccc21. The van der Waals surface area contributed by atoms with Gasteiger partial charge in [-0.2, -0.15) is 0 Å². The van der Waals surface area contributed by atoms with Crippen LogP contribution in [0.4, 0.5) is 5.69 Å². The van der Waals surface area contributed by atoms with Crippen molar-refractivity contribution in [3.63, 3.8) is 0 Å². The van der Waals surface area contributed by atoms with Gasteiger partial charge in [-0.1, -0.05) is 50.2 Å². The lowest BCUT2D eigenvalue weighted by Crippen LogP contribution is -2.20. The first kappa shape index (κ1) is 17.0. The third-order valence-electron chi connectivity index (χ3n) is 4.52. The zero-order chi connectivity index (χ0) is 17.8. The monoisotopic (exact) mass is 334 g/mol. The predicted octanol–water partition coefficient (Wildman–Crippen LogP) is 4.22. The minimum absolute atomic E-state index is 0.0891. The molecule has 3 rings (SSSR count). The van der Waals surface area contributed by atoms with E-state index in [1.54, 1.807) is 6.20 Å². The number of carbonyl (C=O) groups excluding carboxylic acids is 2. The summed E-state index contributed by atoms with van der Waals surface area (Å²) in [5.74, 6) is -0.0891. The van der Waals surface area contributed by atoms with Gasteiger partial charge >= 0.3 is 0 Å². The summed E-state index contributed by atoms with van der Waals surface area (Å²) in [4.78, 5) is 23.9. The first-order valence-corrected chi connectivity index (χ1v) is 8.61. The molecule has 0 radical (unpaired) electrons. The molecule has 0 aliphatic rings. The van der Waals surface area contributed by atoms with Gasteiger partial charge in [-0.3, -0.25) is 9.59 Å². The maximum atomic E-state index is 12.6. The van der Waals surface area contributed by atoms with Gasteiger partial charge < -0.3 is 9.88 Å². The first-order chi connectivity index (χ1) is 12.2. The topological polar surface area (TPSA) is 51.1 Å². The molecule has 0 unspecified atom stereocenters. The number of hydrogen-bond acceptors (Lipinski definition) is 2. The lowest BCUT2D eigenvalue weighted by molar-refractivity contribution is -0.116. The second-order valence-electron chi connectivity index (χ2n) is 6.05. The van der Waals surface area contributed by atoms with E-state index in [1.165, 1.54) is 0 Å². The number of carbonyl (C=O) groups is 2. The number of nitrogens with zero attached hydrogens (tertiary/aromatic N) is 1. The van der Waals surface area contributed by atoms with Gasteiger partial charge in [0, 0.05) is 28.4 Å². The van der Waals surface area contributed by atoms with E-state index >= 15 is 0 Å². The van der Waals surface area contributed by atoms with E-state index < -0.39 is 0 Å². The van der Waals surface area contributed by atoms with Crippen molar-refractivity contribution in [2.75, 3.05) is 5.32 Å². The summed E-state index contributed by atoms with van der Waals surface area (Å²) in [7, 11) is 0. The molecule has 4 heteroatoms. The normalized spacial score (nSPS) is 10.8. The molecule has 4 nitrogen and oxygen atoms in total. The Morgan fingerprint density at radius 1 is 1.04 bits per heavy atom. The van der Waals surface area contributed by atoms with Crippen LogP contribution in [0.2, 0.25) is 0 Å². The molecule has 0 fully saturated rings. The van der Waals surface area contributed by atoms with Crippen LogP contribution in [0.3, 0.4) is 0 Å². The fourth-order valence-corrected chi connectivity index (χ4v) is 3.24. The molecule has 128 valence electrons. The van der Waals surface area contributed by atoms with Crippen molar-refractivity contribution in [1.29, 1.82) is 0 Å². The van der Waals surface area contributed by atoms with Crippen molar-refractivity contribution < 1.29 is 9.59 Å². The van der Waals surface area contributed by atoms with E-state index in [1.807, 2.05) is 47.0 Å². The number of amides is 1. The molecule has 0 aliphatic heterocycles. The number of aryl methyl sites for hydroxylation is 2. The second-order valence-corrected chi connectivity index (χ2v) is 6.05. The summed E-state index contributed by atoms with van der Waals surface area (Å²) in [6.07, 6.45) is 4.30. The van der Waals surface area contributed by atoms with E-state index in [-0.39, 0.29) is 12.5 Å². The van der Waals surface area contributed by atoms with Crippen LogP contribution in [0, 0.1) is 0 Å². The molecule has 0 atom stereocenters. The molecular formula is C21H22N2O2. The van der Waals surface area contributed by atoms with Crippen molar-refractivity contribution in [1.82, 2.24) is 4.57 Å². The Balaban J connectivity index is 1.88. The maximum absolute atomic E-state index is 12.6. The van der Waals surface area contributed by atoms with Crippen molar-refractivity contribution in [3.8, 4) is 0 Å². The third kappa shape index (κ3) is 3.33. The molecule has 1 heterocycles. The van der Waals surface area contributed by atoms with Crippen LogP contribution in [0.25, 0.3) is 10.9 Å². The molecule has 1 N–H and O–H groups in total. The van der Waals surface area contributed by atoms with Crippen LogP contribution in [-0.2, 0) is 24.2 Å². The largest absolute Gasteiger partial charge is 0.337 e. The maximum Gasteiger partial charge on any atom is 0.244 e. The van der Waals surface area contributed by atoms with Crippen LogP contribution in [0.1, 0.15) is 35.3 Å². The van der Waals surface area contributed by atoms with Crippen LogP contribution in [0.5, 0.6) is 0 Å². The van der Waals surface area contributed by atoms with Crippen molar-refractivity contribution in [3.05, 3.63) is 65.4 Å². The number of aromatic nitrogens is 1. The number of rotatable bonds is 6. The fraction of sp³-hybridized carbons (Fsp3) is 0.238. The Morgan fingerprint density at radius 2 is 1.72 bits per heavy atom. The van der Waals surface area contributed by atoms with E-state index in [9.17, 15) is 9.59 Å². The number of hydrogen-bond donors (Lipinski definition) is 1. The highest BCUT2D eigenvalue weighted by atomic mass is 16.2. The number of para-hydroxylation sites is 2. The first-order valence-electron chi connectivity index (χ1n) is 8.61. The molecule has 0 saturated carbocycles. The highest BCUT2D eigenvalue weighted by Crippen LogP contribution is 2.23. The smallest absolute Gasteiger partial charge is 0.244 e. The van der Waals surface area contributed by atoms with Gasteiger partial charge in [0.2, 0.25) is 5.91 Å². The third-order valence-corrected chi connectivity index (χ3v) is 4.52. The Labute approximate surface area is 147 Å². The minimum Gasteiger partial charge on any atom is -0.337 e. The van der Waals surface area contributed by atoms with Crippen LogP contribution in [0.15, 0.2) is 48.7 Å². The van der Waals surface area contributed by atoms with Gasteiger partial charge in [-0.25, -0.2) is 0 Å². The van der Waals surface area contributed by atoms with Crippen molar-refractivity contribution in [2.24, 2.45) is 0 Å². The molecule has 2 aromatic carbocycles. The second kappa shape index (κ2) is 7.34. The van der Waals surface area contributed by atoms with E-state index in [0.717, 1.165) is 46.8 Å². The molecule has 1 amide bonds. The average Bonchev–Trinajstić information content (AvgIpc) is 2.99. The fourth-order valence-electron chi connectivity index (χ4n) is 3.24. The number of benzene rings is 2. The van der Waals surface area contributed by atoms with Gasteiger partial charge in [0.15, 0.2) is 6.29 Å². The summed E-state index contributed by atoms with van der Waals surface area (Å²) in [5.41, 5.74) is 4.69. The zero-order valence-corrected chi connectivity index (χ0v) is 14.6. The Kier molecular flexibility index (Phi) is 4.98. The number of fused-ring (bicyclic) bond motifs is 1. The van der Waals surface area contributed by atoms with Crippen LogP contribution < -0.4 is 5.32 Å². The molecule has 0 saturated heterocycles. The van der Waals surface area contributed by atoms with E-state index in [2.05, 4.69) is 19.2 Å². The van der Waals surface area contributed by atoms with Gasteiger partial charge in [0.25, 0.3) is 0 Å². The number of nitrogens with one attached hydrogen (secondary N) is 1. The number of aldehydes is 1. The summed E-state index contributed by atoms with van der Waals surface area (Å²) < 4.78 is 1.83. The lowest BCUT2D eigenvalue weighted by atomic mass is 10.0. The zero-order valence-electron chi connectivity index (χ0n) is 14.6. The molecule has 1 aromatic heterocycles. The van der Waals surface area contributed by atoms with Crippen molar-refractivity contribution >= 4 is 28.8 Å². The summed E-state index contributed by atoms with van der Waals surface area (Å²) in [5, 5.41) is 3.94. The van der Waals surface area contributed by atoms with Gasteiger partial charge in [0.1, 0.15) is 6.54 Å². The molecule has 3 aromatic rings. The quantitative estimate of drug-likeness (QED) is 0.686. The number of anilines is 1. The van der Waals surface area contributed by atoms with Crippen LogP contribution >= 0.6 is 0 Å². The average molecular weight is 334 g/mol.